The third-order valence-electron chi connectivity index (χ3n) is 3.41. The summed E-state index contributed by atoms with van der Waals surface area (Å²) in [5, 5.41) is 9.26. The highest BCUT2D eigenvalue weighted by Crippen LogP contribution is 2.42. The summed E-state index contributed by atoms with van der Waals surface area (Å²) in [7, 11) is 0. The zero-order chi connectivity index (χ0) is 13.2. The van der Waals surface area contributed by atoms with E-state index in [1.165, 1.54) is 0 Å². The van der Waals surface area contributed by atoms with E-state index in [0.29, 0.717) is 12.8 Å². The quantitative estimate of drug-likeness (QED) is 0.892. The average Bonchev–Trinajstić information content (AvgIpc) is 2.81. The van der Waals surface area contributed by atoms with E-state index in [1.807, 2.05) is 44.2 Å². The molecule has 1 aliphatic heterocycles. The summed E-state index contributed by atoms with van der Waals surface area (Å²) in [6, 6.07) is 9.36. The lowest BCUT2D eigenvalue weighted by Crippen LogP contribution is -2.31. The van der Waals surface area contributed by atoms with Crippen molar-refractivity contribution in [2.24, 2.45) is 0 Å². The first kappa shape index (κ1) is 13.1. The average molecular weight is 250 g/mol. The fourth-order valence-corrected chi connectivity index (χ4v) is 2.26. The lowest BCUT2D eigenvalue weighted by Gasteiger charge is -2.24. The maximum atomic E-state index is 11.3. The second-order valence-electron chi connectivity index (χ2n) is 4.44. The van der Waals surface area contributed by atoms with Crippen molar-refractivity contribution in [3.63, 3.8) is 0 Å². The smallest absolute Gasteiger partial charge is 0.336 e. The Kier molecular flexibility index (Phi) is 3.68. The molecule has 2 rings (SSSR count). The van der Waals surface area contributed by atoms with Crippen molar-refractivity contribution >= 4 is 5.97 Å². The van der Waals surface area contributed by atoms with Gasteiger partial charge < -0.3 is 14.6 Å². The molecule has 4 heteroatoms. The molecule has 1 saturated heterocycles. The molecule has 1 heterocycles. The summed E-state index contributed by atoms with van der Waals surface area (Å²) in [5.74, 6) is -1.75. The Hall–Kier alpha value is -1.39. The first-order valence-electron chi connectivity index (χ1n) is 6.25. The highest BCUT2D eigenvalue weighted by atomic mass is 16.8. The van der Waals surface area contributed by atoms with Gasteiger partial charge in [-0.15, -0.1) is 0 Å². The van der Waals surface area contributed by atoms with Crippen molar-refractivity contribution in [2.75, 3.05) is 0 Å². The second-order valence-corrected chi connectivity index (χ2v) is 4.44. The van der Waals surface area contributed by atoms with Crippen molar-refractivity contribution in [3.8, 4) is 0 Å². The molecule has 1 aromatic rings. The van der Waals surface area contributed by atoms with E-state index in [1.54, 1.807) is 0 Å². The van der Waals surface area contributed by atoms with Gasteiger partial charge in [0.05, 0.1) is 0 Å². The standard InChI is InChI=1S/C14H18O4/c1-3-14(4-2)17-11(12(18-14)13(15)16)10-8-6-5-7-9-10/h5-9,11-12H,3-4H2,1-2H3,(H,15,16). The van der Waals surface area contributed by atoms with Crippen molar-refractivity contribution < 1.29 is 19.4 Å². The number of carboxylic acid groups (broad SMARTS) is 1. The Balaban J connectivity index is 2.31. The number of rotatable bonds is 4. The van der Waals surface area contributed by atoms with Gasteiger partial charge in [-0.1, -0.05) is 44.2 Å². The van der Waals surface area contributed by atoms with Crippen LogP contribution in [0.4, 0.5) is 0 Å². The number of carboxylic acids is 1. The molecule has 0 amide bonds. The summed E-state index contributed by atoms with van der Waals surface area (Å²) in [6.07, 6.45) is -0.205. The molecule has 98 valence electrons. The predicted octanol–water partition coefficient (Wildman–Crippen LogP) is 2.74. The molecule has 4 nitrogen and oxygen atoms in total. The fraction of sp³-hybridized carbons (Fsp3) is 0.500. The van der Waals surface area contributed by atoms with Gasteiger partial charge in [0.15, 0.2) is 11.9 Å². The summed E-state index contributed by atoms with van der Waals surface area (Å²) >= 11 is 0. The second kappa shape index (κ2) is 5.08. The SMILES string of the molecule is CCC1(CC)OC(C(=O)O)C(c2ccccc2)O1. The number of aliphatic carboxylic acids is 1. The van der Waals surface area contributed by atoms with Gasteiger partial charge >= 0.3 is 5.97 Å². The molecule has 1 N–H and O–H groups in total. The van der Waals surface area contributed by atoms with E-state index in [4.69, 9.17) is 9.47 Å². The third-order valence-corrected chi connectivity index (χ3v) is 3.41. The van der Waals surface area contributed by atoms with Crippen LogP contribution in [0.5, 0.6) is 0 Å². The number of carbonyl (C=O) groups is 1. The lowest BCUT2D eigenvalue weighted by atomic mass is 10.0. The van der Waals surface area contributed by atoms with Crippen molar-refractivity contribution in [1.82, 2.24) is 0 Å². The summed E-state index contributed by atoms with van der Waals surface area (Å²) < 4.78 is 11.6. The van der Waals surface area contributed by atoms with Gasteiger partial charge in [0.25, 0.3) is 0 Å². The minimum Gasteiger partial charge on any atom is -0.479 e. The van der Waals surface area contributed by atoms with Gasteiger partial charge in [0, 0.05) is 0 Å². The highest BCUT2D eigenvalue weighted by Gasteiger charge is 2.49. The molecule has 0 saturated carbocycles. The van der Waals surface area contributed by atoms with Crippen LogP contribution in [0.2, 0.25) is 0 Å². The largest absolute Gasteiger partial charge is 0.479 e. The Morgan fingerprint density at radius 2 is 1.83 bits per heavy atom. The fourth-order valence-electron chi connectivity index (χ4n) is 2.26. The van der Waals surface area contributed by atoms with Crippen LogP contribution in [0.1, 0.15) is 38.4 Å². The zero-order valence-electron chi connectivity index (χ0n) is 10.6. The van der Waals surface area contributed by atoms with E-state index >= 15 is 0 Å². The molecule has 1 aliphatic rings. The Labute approximate surface area is 107 Å². The van der Waals surface area contributed by atoms with Crippen LogP contribution in [0.3, 0.4) is 0 Å². The maximum absolute atomic E-state index is 11.3. The monoisotopic (exact) mass is 250 g/mol. The van der Waals surface area contributed by atoms with Gasteiger partial charge in [-0.3, -0.25) is 0 Å². The normalized spacial score (nSPS) is 26.1. The van der Waals surface area contributed by atoms with E-state index in [-0.39, 0.29) is 0 Å². The lowest BCUT2D eigenvalue weighted by molar-refractivity contribution is -0.186. The molecule has 0 radical (unpaired) electrons. The van der Waals surface area contributed by atoms with Gasteiger partial charge in [-0.25, -0.2) is 4.79 Å². The molecule has 0 aromatic heterocycles. The summed E-state index contributed by atoms with van der Waals surface area (Å²) in [4.78, 5) is 11.3. The number of hydrogen-bond donors (Lipinski definition) is 1. The number of hydrogen-bond acceptors (Lipinski definition) is 3. The Bertz CT molecular complexity index is 411. The predicted molar refractivity (Wildman–Crippen MR) is 66.1 cm³/mol. The van der Waals surface area contributed by atoms with Crippen LogP contribution in [0, 0.1) is 0 Å². The number of benzene rings is 1. The van der Waals surface area contributed by atoms with E-state index in [2.05, 4.69) is 0 Å². The van der Waals surface area contributed by atoms with Crippen LogP contribution in [0.15, 0.2) is 30.3 Å². The molecule has 0 spiro atoms. The van der Waals surface area contributed by atoms with Crippen molar-refractivity contribution in [1.29, 1.82) is 0 Å². The van der Waals surface area contributed by atoms with Crippen LogP contribution in [-0.2, 0) is 14.3 Å². The first-order valence-corrected chi connectivity index (χ1v) is 6.25. The highest BCUT2D eigenvalue weighted by molar-refractivity contribution is 5.74. The molecular weight excluding hydrogens is 232 g/mol. The van der Waals surface area contributed by atoms with E-state index in [0.717, 1.165) is 5.56 Å². The molecule has 1 fully saturated rings. The maximum Gasteiger partial charge on any atom is 0.336 e. The Morgan fingerprint density at radius 3 is 2.33 bits per heavy atom. The molecule has 2 unspecified atom stereocenters. The minimum absolute atomic E-state index is 0.538. The summed E-state index contributed by atoms with van der Waals surface area (Å²) in [6.45, 7) is 3.88. The van der Waals surface area contributed by atoms with Crippen LogP contribution in [-0.4, -0.2) is 23.0 Å². The summed E-state index contributed by atoms with van der Waals surface area (Å²) in [5.41, 5.74) is 0.841. The van der Waals surface area contributed by atoms with Gasteiger partial charge in [-0.05, 0) is 18.4 Å². The first-order chi connectivity index (χ1) is 8.62. The topological polar surface area (TPSA) is 55.8 Å². The van der Waals surface area contributed by atoms with Crippen LogP contribution >= 0.6 is 0 Å². The third kappa shape index (κ3) is 2.26. The minimum atomic E-state index is -0.979. The molecule has 2 atom stereocenters. The van der Waals surface area contributed by atoms with Gasteiger partial charge in [0.2, 0.25) is 0 Å². The van der Waals surface area contributed by atoms with Crippen LogP contribution < -0.4 is 0 Å². The molecule has 1 aromatic carbocycles. The van der Waals surface area contributed by atoms with Crippen LogP contribution in [0.25, 0.3) is 0 Å². The number of ether oxygens (including phenoxy) is 2. The van der Waals surface area contributed by atoms with Crippen molar-refractivity contribution in [3.05, 3.63) is 35.9 Å². The molecule has 18 heavy (non-hydrogen) atoms. The van der Waals surface area contributed by atoms with Gasteiger partial charge in [-0.2, -0.15) is 0 Å². The van der Waals surface area contributed by atoms with Crippen molar-refractivity contribution in [2.45, 2.75) is 44.7 Å². The van der Waals surface area contributed by atoms with E-state index < -0.39 is 24.0 Å². The molecular formula is C14H18O4. The zero-order valence-corrected chi connectivity index (χ0v) is 10.6. The Morgan fingerprint density at radius 1 is 1.22 bits per heavy atom. The van der Waals surface area contributed by atoms with E-state index in [9.17, 15) is 9.90 Å². The van der Waals surface area contributed by atoms with Gasteiger partial charge in [0.1, 0.15) is 6.10 Å². The molecule has 0 bridgehead atoms. The molecule has 0 aliphatic carbocycles.